The first-order valence-electron chi connectivity index (χ1n) is 5.52. The number of amides is 2. The van der Waals surface area contributed by atoms with E-state index in [0.717, 1.165) is 6.07 Å². The Bertz CT molecular complexity index is 604. The first-order chi connectivity index (χ1) is 9.81. The van der Waals surface area contributed by atoms with Gasteiger partial charge in [0.1, 0.15) is 6.54 Å². The van der Waals surface area contributed by atoms with Gasteiger partial charge in [-0.2, -0.15) is 0 Å². The number of hydrogen-bond donors (Lipinski definition) is 3. The highest BCUT2D eigenvalue weighted by molar-refractivity contribution is 14.1. The molecule has 112 valence electrons. The van der Waals surface area contributed by atoms with Gasteiger partial charge in [0.15, 0.2) is 0 Å². The molecule has 10 heteroatoms. The van der Waals surface area contributed by atoms with Gasteiger partial charge in [0, 0.05) is 15.7 Å². The van der Waals surface area contributed by atoms with Crippen molar-refractivity contribution >= 4 is 46.1 Å². The van der Waals surface area contributed by atoms with Crippen molar-refractivity contribution in [1.82, 2.24) is 10.6 Å². The Morgan fingerprint density at radius 2 is 1.90 bits per heavy atom. The number of aliphatic carboxylic acids is 1. The normalized spacial score (nSPS) is 9.76. The predicted octanol–water partition coefficient (Wildman–Crippen LogP) is 0.130. The number of hydrogen-bond acceptors (Lipinski definition) is 5. The van der Waals surface area contributed by atoms with E-state index in [9.17, 15) is 24.5 Å². The molecule has 9 nitrogen and oxygen atoms in total. The van der Waals surface area contributed by atoms with Crippen LogP contribution in [0.1, 0.15) is 10.4 Å². The van der Waals surface area contributed by atoms with Crippen LogP contribution in [0.2, 0.25) is 0 Å². The number of carbonyl (C=O) groups excluding carboxylic acids is 2. The number of carboxylic acids is 1. The number of rotatable bonds is 6. The number of carboxylic acid groups (broad SMARTS) is 1. The summed E-state index contributed by atoms with van der Waals surface area (Å²) in [6.45, 7) is -0.978. The van der Waals surface area contributed by atoms with E-state index < -0.39 is 35.8 Å². The van der Waals surface area contributed by atoms with Gasteiger partial charge in [-0.1, -0.05) is 0 Å². The third kappa shape index (κ3) is 5.33. The molecular weight excluding hydrogens is 397 g/mol. The number of nitrogens with zero attached hydrogens (tertiary/aromatic N) is 1. The predicted molar refractivity (Wildman–Crippen MR) is 78.8 cm³/mol. The van der Waals surface area contributed by atoms with Crippen molar-refractivity contribution in [1.29, 1.82) is 0 Å². The van der Waals surface area contributed by atoms with Gasteiger partial charge in [-0.3, -0.25) is 24.5 Å². The molecular formula is C11H10IN3O6. The molecule has 1 rings (SSSR count). The fourth-order valence-electron chi connectivity index (χ4n) is 1.29. The molecule has 1 aromatic rings. The largest absolute Gasteiger partial charge is 0.480 e. The van der Waals surface area contributed by atoms with Crippen molar-refractivity contribution in [2.45, 2.75) is 0 Å². The highest BCUT2D eigenvalue weighted by Gasteiger charge is 2.16. The topological polar surface area (TPSA) is 139 Å². The monoisotopic (exact) mass is 407 g/mol. The summed E-state index contributed by atoms with van der Waals surface area (Å²) in [5, 5.41) is 23.4. The van der Waals surface area contributed by atoms with Gasteiger partial charge in [0.2, 0.25) is 5.91 Å². The van der Waals surface area contributed by atoms with E-state index in [-0.39, 0.29) is 11.3 Å². The molecule has 0 aliphatic rings. The van der Waals surface area contributed by atoms with Crippen LogP contribution in [0.5, 0.6) is 0 Å². The van der Waals surface area contributed by atoms with Gasteiger partial charge in [-0.25, -0.2) is 0 Å². The number of nitrogens with one attached hydrogen (secondary N) is 2. The zero-order valence-electron chi connectivity index (χ0n) is 10.5. The second-order valence-corrected chi connectivity index (χ2v) is 4.94. The molecule has 0 aliphatic heterocycles. The molecule has 2 amide bonds. The van der Waals surface area contributed by atoms with E-state index in [1.807, 2.05) is 22.6 Å². The van der Waals surface area contributed by atoms with Crippen LogP contribution in [-0.4, -0.2) is 40.9 Å². The van der Waals surface area contributed by atoms with Crippen molar-refractivity contribution in [2.75, 3.05) is 13.1 Å². The second-order valence-electron chi connectivity index (χ2n) is 3.77. The minimum Gasteiger partial charge on any atom is -0.480 e. The zero-order valence-corrected chi connectivity index (χ0v) is 12.6. The molecule has 0 aliphatic carbocycles. The maximum Gasteiger partial charge on any atom is 0.322 e. The Balaban J connectivity index is 2.67. The molecule has 0 spiro atoms. The Hall–Kier alpha value is -2.24. The summed E-state index contributed by atoms with van der Waals surface area (Å²) >= 11 is 1.84. The standard InChI is InChI=1S/C11H10IN3O6/c12-8-2-1-6(15(20)21)3-7(8)11(19)14-4-9(16)13-5-10(17)18/h1-3H,4-5H2,(H,13,16)(H,14,19)(H,17,18). The SMILES string of the molecule is O=C(O)CNC(=O)CNC(=O)c1cc([N+](=O)[O-])ccc1I. The maximum absolute atomic E-state index is 11.8. The van der Waals surface area contributed by atoms with Crippen LogP contribution in [0.25, 0.3) is 0 Å². The minimum atomic E-state index is -1.21. The number of halogens is 1. The van der Waals surface area contributed by atoms with Crippen LogP contribution < -0.4 is 10.6 Å². The van der Waals surface area contributed by atoms with Gasteiger partial charge < -0.3 is 15.7 Å². The third-order valence-corrected chi connectivity index (χ3v) is 3.19. The highest BCUT2D eigenvalue weighted by atomic mass is 127. The summed E-state index contributed by atoms with van der Waals surface area (Å²) in [7, 11) is 0. The number of benzene rings is 1. The van der Waals surface area contributed by atoms with E-state index >= 15 is 0 Å². The van der Waals surface area contributed by atoms with Crippen molar-refractivity contribution in [3.63, 3.8) is 0 Å². The zero-order chi connectivity index (χ0) is 16.0. The first-order valence-corrected chi connectivity index (χ1v) is 6.59. The molecule has 3 N–H and O–H groups in total. The molecule has 0 heterocycles. The minimum absolute atomic E-state index is 0.0656. The number of non-ortho nitro benzene ring substituents is 1. The van der Waals surface area contributed by atoms with Crippen LogP contribution in [0.15, 0.2) is 18.2 Å². The summed E-state index contributed by atoms with van der Waals surface area (Å²) in [5.41, 5.74) is -0.174. The number of carbonyl (C=O) groups is 3. The molecule has 0 radical (unpaired) electrons. The van der Waals surface area contributed by atoms with Gasteiger partial charge >= 0.3 is 5.97 Å². The van der Waals surface area contributed by atoms with Crippen molar-refractivity contribution in [2.24, 2.45) is 0 Å². The van der Waals surface area contributed by atoms with Crippen molar-refractivity contribution in [3.8, 4) is 0 Å². The Morgan fingerprint density at radius 1 is 1.24 bits per heavy atom. The smallest absolute Gasteiger partial charge is 0.322 e. The summed E-state index contributed by atoms with van der Waals surface area (Å²) in [5.74, 6) is -2.54. The van der Waals surface area contributed by atoms with E-state index in [4.69, 9.17) is 5.11 Å². The molecule has 21 heavy (non-hydrogen) atoms. The Labute approximate surface area is 132 Å². The Kier molecular flexibility index (Phi) is 6.02. The second kappa shape index (κ2) is 7.52. The van der Waals surface area contributed by atoms with Gasteiger partial charge in [-0.05, 0) is 28.7 Å². The van der Waals surface area contributed by atoms with Gasteiger partial charge in [-0.15, -0.1) is 0 Å². The average Bonchev–Trinajstić information content (AvgIpc) is 2.42. The van der Waals surface area contributed by atoms with Crippen LogP contribution in [0, 0.1) is 13.7 Å². The fourth-order valence-corrected chi connectivity index (χ4v) is 1.87. The van der Waals surface area contributed by atoms with Crippen LogP contribution in [0.4, 0.5) is 5.69 Å². The third-order valence-electron chi connectivity index (χ3n) is 2.25. The van der Waals surface area contributed by atoms with Crippen molar-refractivity contribution in [3.05, 3.63) is 37.4 Å². The van der Waals surface area contributed by atoms with E-state index in [2.05, 4.69) is 10.6 Å². The van der Waals surface area contributed by atoms with E-state index in [1.165, 1.54) is 12.1 Å². The molecule has 0 saturated carbocycles. The maximum atomic E-state index is 11.8. The lowest BCUT2D eigenvalue weighted by atomic mass is 10.2. The molecule has 1 aromatic carbocycles. The molecule has 0 unspecified atom stereocenters. The lowest BCUT2D eigenvalue weighted by Gasteiger charge is -2.07. The lowest BCUT2D eigenvalue weighted by molar-refractivity contribution is -0.384. The van der Waals surface area contributed by atoms with Crippen LogP contribution in [-0.2, 0) is 9.59 Å². The fraction of sp³-hybridized carbons (Fsp3) is 0.182. The lowest BCUT2D eigenvalue weighted by Crippen LogP contribution is -2.39. The quantitative estimate of drug-likeness (QED) is 0.348. The summed E-state index contributed by atoms with van der Waals surface area (Å²) < 4.78 is 0.488. The van der Waals surface area contributed by atoms with E-state index in [0.29, 0.717) is 3.57 Å². The summed E-state index contributed by atoms with van der Waals surface area (Å²) in [6, 6.07) is 3.78. The molecule has 0 saturated heterocycles. The highest BCUT2D eigenvalue weighted by Crippen LogP contribution is 2.19. The molecule has 0 atom stereocenters. The molecule has 0 fully saturated rings. The summed E-state index contributed by atoms with van der Waals surface area (Å²) in [6.07, 6.45) is 0. The van der Waals surface area contributed by atoms with E-state index in [1.54, 1.807) is 0 Å². The summed E-state index contributed by atoms with van der Waals surface area (Å²) in [4.78, 5) is 43.4. The van der Waals surface area contributed by atoms with Gasteiger partial charge in [0.05, 0.1) is 17.0 Å². The van der Waals surface area contributed by atoms with Gasteiger partial charge in [0.25, 0.3) is 11.6 Å². The molecule has 0 bridgehead atoms. The Morgan fingerprint density at radius 3 is 2.48 bits per heavy atom. The molecule has 0 aromatic heterocycles. The van der Waals surface area contributed by atoms with Crippen LogP contribution >= 0.6 is 22.6 Å². The van der Waals surface area contributed by atoms with Crippen LogP contribution in [0.3, 0.4) is 0 Å². The number of nitro groups is 1. The van der Waals surface area contributed by atoms with Crippen molar-refractivity contribution < 1.29 is 24.4 Å². The average molecular weight is 407 g/mol. The number of nitro benzene ring substituents is 1. The first kappa shape index (κ1) is 16.8.